The van der Waals surface area contributed by atoms with Crippen molar-refractivity contribution in [3.8, 4) is 0 Å². The second-order valence-corrected chi connectivity index (χ2v) is 13.6. The van der Waals surface area contributed by atoms with Gasteiger partial charge in [0.05, 0.1) is 0 Å². The molecule has 0 aliphatic rings. The van der Waals surface area contributed by atoms with Crippen molar-refractivity contribution in [1.29, 1.82) is 0 Å². The first-order valence-electron chi connectivity index (χ1n) is 15.9. The molecule has 0 bridgehead atoms. The Morgan fingerprint density at radius 2 is 0.667 bits per heavy atom. The monoisotopic (exact) mass is 550 g/mol. The topological polar surface area (TPSA) is 77.5 Å². The molecular weight excluding hydrogens is 488 g/mol. The Kier molecular flexibility index (Phi) is 21.6. The summed E-state index contributed by atoms with van der Waals surface area (Å²) in [5.74, 6) is 3.00. The van der Waals surface area contributed by atoms with E-state index in [1.54, 1.807) is 0 Å². The molecular formula is C34H62O5. The van der Waals surface area contributed by atoms with Crippen LogP contribution in [0.25, 0.3) is 0 Å². The van der Waals surface area contributed by atoms with Crippen LogP contribution in [0.2, 0.25) is 0 Å². The van der Waals surface area contributed by atoms with Gasteiger partial charge in [-0.25, -0.2) is 0 Å². The highest BCUT2D eigenvalue weighted by atomic mass is 16.5. The van der Waals surface area contributed by atoms with Crippen molar-refractivity contribution < 1.29 is 23.9 Å². The van der Waals surface area contributed by atoms with E-state index in [1.807, 2.05) is 0 Å². The molecule has 0 amide bonds. The second kappa shape index (κ2) is 22.3. The summed E-state index contributed by atoms with van der Waals surface area (Å²) in [7, 11) is 0. The van der Waals surface area contributed by atoms with E-state index < -0.39 is 0 Å². The summed E-state index contributed by atoms with van der Waals surface area (Å²) in [6, 6.07) is 0. The number of ketones is 4. The van der Waals surface area contributed by atoms with Crippen LogP contribution < -0.4 is 0 Å². The molecule has 0 rings (SSSR count). The van der Waals surface area contributed by atoms with Crippen molar-refractivity contribution in [1.82, 2.24) is 0 Å². The number of hydrogen-bond acceptors (Lipinski definition) is 5. The Hall–Kier alpha value is -1.36. The fourth-order valence-corrected chi connectivity index (χ4v) is 4.52. The number of carbonyl (C=O) groups excluding carboxylic acids is 4. The molecule has 0 heterocycles. The zero-order chi connectivity index (χ0) is 29.8. The summed E-state index contributed by atoms with van der Waals surface area (Å²) in [5, 5.41) is 0. The first kappa shape index (κ1) is 37.6. The van der Waals surface area contributed by atoms with Gasteiger partial charge in [-0.1, -0.05) is 55.4 Å². The summed E-state index contributed by atoms with van der Waals surface area (Å²) in [5.41, 5.74) is 0. The van der Waals surface area contributed by atoms with Crippen molar-refractivity contribution >= 4 is 23.1 Å². The summed E-state index contributed by atoms with van der Waals surface area (Å²) in [6.45, 7) is 17.8. The van der Waals surface area contributed by atoms with Crippen molar-refractivity contribution in [2.24, 2.45) is 35.5 Å². The van der Waals surface area contributed by atoms with Gasteiger partial charge in [-0.15, -0.1) is 0 Å². The molecule has 0 spiro atoms. The minimum absolute atomic E-state index is 0.0117. The third-order valence-electron chi connectivity index (χ3n) is 7.40. The quantitative estimate of drug-likeness (QED) is 0.108. The Bertz CT molecular complexity index is 634. The Morgan fingerprint density at radius 3 is 0.949 bits per heavy atom. The molecule has 5 heteroatoms. The first-order chi connectivity index (χ1) is 18.3. The van der Waals surface area contributed by atoms with Crippen LogP contribution in [0.5, 0.6) is 0 Å². The molecule has 2 atom stereocenters. The van der Waals surface area contributed by atoms with Crippen LogP contribution in [-0.2, 0) is 23.9 Å². The average Bonchev–Trinajstić information content (AvgIpc) is 2.85. The lowest BCUT2D eigenvalue weighted by molar-refractivity contribution is -0.123. The van der Waals surface area contributed by atoms with Gasteiger partial charge in [0.2, 0.25) is 0 Å². The summed E-state index contributed by atoms with van der Waals surface area (Å²) in [4.78, 5) is 50.1. The molecule has 0 saturated heterocycles. The average molecular weight is 551 g/mol. The van der Waals surface area contributed by atoms with E-state index in [0.717, 1.165) is 25.7 Å². The van der Waals surface area contributed by atoms with Gasteiger partial charge < -0.3 is 4.74 Å². The molecule has 0 aromatic heterocycles. The van der Waals surface area contributed by atoms with Crippen LogP contribution in [0.3, 0.4) is 0 Å². The minimum atomic E-state index is 0.0117. The van der Waals surface area contributed by atoms with Crippen molar-refractivity contribution in [2.75, 3.05) is 13.2 Å². The van der Waals surface area contributed by atoms with Crippen molar-refractivity contribution in [3.05, 3.63) is 0 Å². The molecule has 2 unspecified atom stereocenters. The molecule has 0 saturated carbocycles. The number of ether oxygens (including phenoxy) is 1. The van der Waals surface area contributed by atoms with Gasteiger partial charge in [-0.05, 0) is 74.0 Å². The molecule has 5 nitrogen and oxygen atoms in total. The van der Waals surface area contributed by atoms with E-state index in [0.29, 0.717) is 101 Å². The van der Waals surface area contributed by atoms with E-state index >= 15 is 0 Å². The molecule has 39 heavy (non-hydrogen) atoms. The normalized spacial score (nSPS) is 13.4. The van der Waals surface area contributed by atoms with Gasteiger partial charge in [0.25, 0.3) is 0 Å². The predicted octanol–water partition coefficient (Wildman–Crippen LogP) is 8.60. The SMILES string of the molecule is CC(C)CCC(=O)CCC(COCC(CCC(=O)CCC(C)C)CC(=O)CCC(C)C)CC(=O)CCC(C)C. The summed E-state index contributed by atoms with van der Waals surface area (Å²) < 4.78 is 6.14. The molecule has 0 aromatic carbocycles. The highest BCUT2D eigenvalue weighted by Gasteiger charge is 2.20. The van der Waals surface area contributed by atoms with Crippen LogP contribution >= 0.6 is 0 Å². The van der Waals surface area contributed by atoms with E-state index in [-0.39, 0.29) is 35.0 Å². The first-order valence-corrected chi connectivity index (χ1v) is 15.9. The van der Waals surface area contributed by atoms with Gasteiger partial charge in [0.15, 0.2) is 0 Å². The van der Waals surface area contributed by atoms with E-state index in [4.69, 9.17) is 4.74 Å². The van der Waals surface area contributed by atoms with Crippen molar-refractivity contribution in [2.45, 2.75) is 145 Å². The molecule has 0 fully saturated rings. The Morgan fingerprint density at radius 1 is 0.410 bits per heavy atom. The number of hydrogen-bond donors (Lipinski definition) is 0. The van der Waals surface area contributed by atoms with Crippen LogP contribution in [0, 0.1) is 35.5 Å². The third kappa shape index (κ3) is 24.2. The fourth-order valence-electron chi connectivity index (χ4n) is 4.52. The minimum Gasteiger partial charge on any atom is -0.381 e. The molecule has 228 valence electrons. The maximum absolute atomic E-state index is 12.7. The predicted molar refractivity (Wildman–Crippen MR) is 162 cm³/mol. The second-order valence-electron chi connectivity index (χ2n) is 13.6. The van der Waals surface area contributed by atoms with Crippen LogP contribution in [0.15, 0.2) is 0 Å². The lowest BCUT2D eigenvalue weighted by Gasteiger charge is -2.21. The fraction of sp³-hybridized carbons (Fsp3) is 0.882. The van der Waals surface area contributed by atoms with Gasteiger partial charge in [-0.3, -0.25) is 19.2 Å². The molecule has 0 aliphatic heterocycles. The van der Waals surface area contributed by atoms with Gasteiger partial charge in [-0.2, -0.15) is 0 Å². The maximum atomic E-state index is 12.7. The zero-order valence-corrected chi connectivity index (χ0v) is 26.8. The van der Waals surface area contributed by atoms with Crippen LogP contribution in [0.1, 0.15) is 145 Å². The van der Waals surface area contributed by atoms with Crippen molar-refractivity contribution in [3.63, 3.8) is 0 Å². The van der Waals surface area contributed by atoms with E-state index in [1.165, 1.54) is 0 Å². The highest BCUT2D eigenvalue weighted by Crippen LogP contribution is 2.21. The van der Waals surface area contributed by atoms with Gasteiger partial charge in [0, 0.05) is 64.6 Å². The molecule has 0 N–H and O–H groups in total. The zero-order valence-electron chi connectivity index (χ0n) is 26.8. The molecule has 0 radical (unpaired) electrons. The summed E-state index contributed by atoms with van der Waals surface area (Å²) >= 11 is 0. The summed E-state index contributed by atoms with van der Waals surface area (Å²) in [6.07, 6.45) is 9.07. The largest absolute Gasteiger partial charge is 0.381 e. The lowest BCUT2D eigenvalue weighted by Crippen LogP contribution is -2.21. The van der Waals surface area contributed by atoms with E-state index in [2.05, 4.69) is 55.4 Å². The number of carbonyl (C=O) groups is 4. The van der Waals surface area contributed by atoms with E-state index in [9.17, 15) is 19.2 Å². The van der Waals surface area contributed by atoms with Crippen LogP contribution in [-0.4, -0.2) is 36.3 Å². The lowest BCUT2D eigenvalue weighted by atomic mass is 9.91. The Labute approximate surface area is 241 Å². The Balaban J connectivity index is 5.07. The molecule has 0 aliphatic carbocycles. The standard InChI is InChI=1S/C34H62O5/c1-25(2)9-15-31(35)19-13-29(21-33(37)17-11-27(5)6)23-39-24-30(22-34(38)18-12-28(7)8)14-20-32(36)16-10-26(3)4/h25-30H,9-24H2,1-8H3. The van der Waals surface area contributed by atoms with Gasteiger partial charge >= 0.3 is 0 Å². The highest BCUT2D eigenvalue weighted by molar-refractivity contribution is 5.80. The third-order valence-corrected chi connectivity index (χ3v) is 7.40. The molecule has 0 aromatic rings. The smallest absolute Gasteiger partial charge is 0.133 e. The van der Waals surface area contributed by atoms with Gasteiger partial charge in [0.1, 0.15) is 23.1 Å². The number of rotatable bonds is 26. The van der Waals surface area contributed by atoms with Crippen LogP contribution in [0.4, 0.5) is 0 Å². The number of Topliss-reactive ketones (excluding diaryl/α,β-unsaturated/α-hetero) is 4. The maximum Gasteiger partial charge on any atom is 0.133 e.